The number of rotatable bonds is 2. The quantitative estimate of drug-likeness (QED) is 0.876. The van der Waals surface area contributed by atoms with Crippen molar-refractivity contribution in [2.75, 3.05) is 19.8 Å². The fourth-order valence-corrected chi connectivity index (χ4v) is 3.14. The van der Waals surface area contributed by atoms with Gasteiger partial charge in [0.15, 0.2) is 5.89 Å². The van der Waals surface area contributed by atoms with Gasteiger partial charge in [0.25, 0.3) is 11.5 Å². The molecule has 1 amide bonds. The van der Waals surface area contributed by atoms with E-state index in [1.165, 1.54) is 12.1 Å². The zero-order chi connectivity index (χ0) is 16.5. The molecule has 8 heteroatoms. The predicted octanol–water partition coefficient (Wildman–Crippen LogP) is 0.850. The summed E-state index contributed by atoms with van der Waals surface area (Å²) in [6, 6.07) is 2.74. The van der Waals surface area contributed by atoms with E-state index in [1.807, 2.05) is 0 Å². The van der Waals surface area contributed by atoms with Crippen LogP contribution in [-0.2, 0) is 17.7 Å². The van der Waals surface area contributed by atoms with E-state index in [0.29, 0.717) is 25.4 Å². The molecule has 0 aromatic carbocycles. The van der Waals surface area contributed by atoms with Crippen molar-refractivity contribution in [1.82, 2.24) is 20.1 Å². The van der Waals surface area contributed by atoms with E-state index in [9.17, 15) is 9.59 Å². The van der Waals surface area contributed by atoms with Crippen molar-refractivity contribution in [2.24, 2.45) is 0 Å². The van der Waals surface area contributed by atoms with E-state index < -0.39 is 0 Å². The summed E-state index contributed by atoms with van der Waals surface area (Å²) >= 11 is 0. The molecule has 0 bridgehead atoms. The molecule has 0 aliphatic carbocycles. The molecule has 0 spiro atoms. The average molecular weight is 330 g/mol. The molecule has 1 N–H and O–H groups in total. The van der Waals surface area contributed by atoms with Crippen LogP contribution >= 0.6 is 0 Å². The first-order valence-electron chi connectivity index (χ1n) is 8.12. The number of aromatic amines is 1. The molecule has 2 aromatic rings. The van der Waals surface area contributed by atoms with Crippen molar-refractivity contribution in [2.45, 2.75) is 31.7 Å². The fourth-order valence-electron chi connectivity index (χ4n) is 3.14. The van der Waals surface area contributed by atoms with Crippen molar-refractivity contribution < 1.29 is 13.9 Å². The van der Waals surface area contributed by atoms with E-state index in [-0.39, 0.29) is 17.2 Å². The highest BCUT2D eigenvalue weighted by Crippen LogP contribution is 2.30. The largest absolute Gasteiger partial charge is 0.445 e. The summed E-state index contributed by atoms with van der Waals surface area (Å²) in [4.78, 5) is 29.9. The highest BCUT2D eigenvalue weighted by atomic mass is 16.5. The molecule has 24 heavy (non-hydrogen) atoms. The van der Waals surface area contributed by atoms with Gasteiger partial charge in [-0.1, -0.05) is 0 Å². The molecular weight excluding hydrogens is 312 g/mol. The van der Waals surface area contributed by atoms with Gasteiger partial charge in [0.05, 0.1) is 6.54 Å². The van der Waals surface area contributed by atoms with Gasteiger partial charge in [0.1, 0.15) is 17.1 Å². The third kappa shape index (κ3) is 2.84. The Bertz CT molecular complexity index is 786. The van der Waals surface area contributed by atoms with Crippen LogP contribution in [0.5, 0.6) is 0 Å². The standard InChI is InChI=1S/C16H18N4O4/c21-14-2-1-11(18-19-14)16(22)20-6-3-13-12(9-20)17-15(24-13)10-4-7-23-8-5-10/h1-2,10H,3-9H2,(H,19,21). The third-order valence-corrected chi connectivity index (χ3v) is 4.50. The van der Waals surface area contributed by atoms with Crippen LogP contribution in [0, 0.1) is 0 Å². The monoisotopic (exact) mass is 330 g/mol. The van der Waals surface area contributed by atoms with Gasteiger partial charge in [-0.15, -0.1) is 0 Å². The van der Waals surface area contributed by atoms with Gasteiger partial charge in [-0.05, 0) is 18.9 Å². The van der Waals surface area contributed by atoms with Crippen molar-refractivity contribution in [3.63, 3.8) is 0 Å². The number of nitrogens with one attached hydrogen (secondary N) is 1. The van der Waals surface area contributed by atoms with Gasteiger partial charge in [-0.3, -0.25) is 9.59 Å². The highest BCUT2D eigenvalue weighted by Gasteiger charge is 2.29. The number of aromatic nitrogens is 3. The number of hydrogen-bond acceptors (Lipinski definition) is 6. The number of ether oxygens (including phenoxy) is 1. The lowest BCUT2D eigenvalue weighted by Crippen LogP contribution is -2.36. The first-order valence-corrected chi connectivity index (χ1v) is 8.12. The highest BCUT2D eigenvalue weighted by molar-refractivity contribution is 5.92. The maximum absolute atomic E-state index is 12.5. The van der Waals surface area contributed by atoms with E-state index in [0.717, 1.165) is 43.4 Å². The first-order chi connectivity index (χ1) is 11.7. The van der Waals surface area contributed by atoms with E-state index in [4.69, 9.17) is 9.15 Å². The average Bonchev–Trinajstić information content (AvgIpc) is 3.06. The summed E-state index contributed by atoms with van der Waals surface area (Å²) in [7, 11) is 0. The molecule has 1 saturated heterocycles. The van der Waals surface area contributed by atoms with Gasteiger partial charge < -0.3 is 14.1 Å². The summed E-state index contributed by atoms with van der Waals surface area (Å²) in [5.74, 6) is 1.72. The Balaban J connectivity index is 1.51. The van der Waals surface area contributed by atoms with E-state index in [2.05, 4.69) is 15.2 Å². The Labute approximate surface area is 137 Å². The number of carbonyl (C=O) groups is 1. The molecule has 1 fully saturated rings. The SMILES string of the molecule is O=C(c1ccc(=O)[nH]n1)N1CCc2oc(C3CCOCC3)nc2C1. The summed E-state index contributed by atoms with van der Waals surface area (Å²) < 4.78 is 11.3. The molecule has 2 aliphatic heterocycles. The van der Waals surface area contributed by atoms with Crippen molar-refractivity contribution in [3.8, 4) is 0 Å². The molecule has 0 radical (unpaired) electrons. The molecule has 0 atom stereocenters. The Morgan fingerprint density at radius 1 is 1.29 bits per heavy atom. The second kappa shape index (κ2) is 6.20. The number of amides is 1. The van der Waals surface area contributed by atoms with Crippen molar-refractivity contribution >= 4 is 5.91 Å². The van der Waals surface area contributed by atoms with Crippen LogP contribution in [0.1, 0.15) is 46.6 Å². The lowest BCUT2D eigenvalue weighted by atomic mass is 10.0. The molecule has 0 saturated carbocycles. The van der Waals surface area contributed by atoms with Crippen LogP contribution in [0.4, 0.5) is 0 Å². The summed E-state index contributed by atoms with van der Waals surface area (Å²) in [5.41, 5.74) is 0.719. The minimum absolute atomic E-state index is 0.215. The first kappa shape index (κ1) is 15.1. The Morgan fingerprint density at radius 3 is 2.88 bits per heavy atom. The third-order valence-electron chi connectivity index (χ3n) is 4.50. The van der Waals surface area contributed by atoms with Crippen molar-refractivity contribution in [3.05, 3.63) is 45.5 Å². The fraction of sp³-hybridized carbons (Fsp3) is 0.500. The lowest BCUT2D eigenvalue weighted by molar-refractivity contribution is 0.0718. The molecule has 126 valence electrons. The minimum atomic E-state index is -0.329. The van der Waals surface area contributed by atoms with Gasteiger partial charge in [0, 0.05) is 38.2 Å². The maximum atomic E-state index is 12.5. The molecule has 2 aromatic heterocycles. The topological polar surface area (TPSA) is 101 Å². The molecule has 4 rings (SSSR count). The van der Waals surface area contributed by atoms with Gasteiger partial charge in [-0.25, -0.2) is 10.1 Å². The molecule has 2 aliphatic rings. The Hall–Kier alpha value is -2.48. The number of oxazole rings is 1. The van der Waals surface area contributed by atoms with Gasteiger partial charge in [-0.2, -0.15) is 5.10 Å². The maximum Gasteiger partial charge on any atom is 0.274 e. The summed E-state index contributed by atoms with van der Waals surface area (Å²) in [5, 5.41) is 6.09. The molecular formula is C16H18N4O4. The number of hydrogen-bond donors (Lipinski definition) is 1. The van der Waals surface area contributed by atoms with Crippen LogP contribution in [-0.4, -0.2) is 45.7 Å². The number of H-pyrrole nitrogens is 1. The Kier molecular flexibility index (Phi) is 3.89. The summed E-state index contributed by atoms with van der Waals surface area (Å²) in [6.45, 7) is 2.43. The molecule has 4 heterocycles. The number of carbonyl (C=O) groups excluding carboxylic acids is 1. The number of fused-ring (bicyclic) bond motifs is 1. The molecule has 0 unspecified atom stereocenters. The number of nitrogens with zero attached hydrogens (tertiary/aromatic N) is 3. The molecule has 8 nitrogen and oxygen atoms in total. The smallest absolute Gasteiger partial charge is 0.274 e. The summed E-state index contributed by atoms with van der Waals surface area (Å²) in [6.07, 6.45) is 2.48. The van der Waals surface area contributed by atoms with Crippen molar-refractivity contribution in [1.29, 1.82) is 0 Å². The van der Waals surface area contributed by atoms with Gasteiger partial charge in [0.2, 0.25) is 0 Å². The zero-order valence-corrected chi connectivity index (χ0v) is 13.2. The van der Waals surface area contributed by atoms with Crippen LogP contribution in [0.2, 0.25) is 0 Å². The van der Waals surface area contributed by atoms with E-state index >= 15 is 0 Å². The minimum Gasteiger partial charge on any atom is -0.445 e. The predicted molar refractivity (Wildman–Crippen MR) is 82.6 cm³/mol. The zero-order valence-electron chi connectivity index (χ0n) is 13.2. The van der Waals surface area contributed by atoms with Crippen LogP contribution < -0.4 is 5.56 Å². The van der Waals surface area contributed by atoms with Crippen LogP contribution in [0.15, 0.2) is 21.3 Å². The van der Waals surface area contributed by atoms with Crippen LogP contribution in [0.25, 0.3) is 0 Å². The second-order valence-corrected chi connectivity index (χ2v) is 6.09. The Morgan fingerprint density at radius 2 is 2.12 bits per heavy atom. The van der Waals surface area contributed by atoms with Gasteiger partial charge >= 0.3 is 0 Å². The van der Waals surface area contributed by atoms with Crippen LogP contribution in [0.3, 0.4) is 0 Å². The second-order valence-electron chi connectivity index (χ2n) is 6.09. The normalized spacial score (nSPS) is 18.4. The lowest BCUT2D eigenvalue weighted by Gasteiger charge is -2.24. The van der Waals surface area contributed by atoms with E-state index in [1.54, 1.807) is 4.90 Å².